The number of nitrogens with zero attached hydrogens (tertiary/aromatic N) is 1. The summed E-state index contributed by atoms with van der Waals surface area (Å²) in [6, 6.07) is 15.6. The second-order valence-corrected chi connectivity index (χ2v) is 9.42. The van der Waals surface area contributed by atoms with Gasteiger partial charge in [0, 0.05) is 20.7 Å². The number of halogens is 3. The summed E-state index contributed by atoms with van der Waals surface area (Å²) in [6.45, 7) is 4.53. The Bertz CT molecular complexity index is 1180. The normalized spacial score (nSPS) is 11.8. The average Bonchev–Trinajstić information content (AvgIpc) is 3.44. The smallest absolute Gasteiger partial charge is 0.417 e. The molecule has 0 aliphatic heterocycles. The first kappa shape index (κ1) is 22.5. The molecule has 166 valence electrons. The van der Waals surface area contributed by atoms with Crippen LogP contribution in [0.1, 0.15) is 36.7 Å². The Kier molecular flexibility index (Phi) is 6.62. The zero-order valence-corrected chi connectivity index (χ0v) is 19.1. The molecule has 0 amide bonds. The van der Waals surface area contributed by atoms with Gasteiger partial charge >= 0.3 is 6.18 Å². The Morgan fingerprint density at radius 2 is 1.88 bits per heavy atom. The van der Waals surface area contributed by atoms with Crippen LogP contribution < -0.4 is 5.32 Å². The van der Waals surface area contributed by atoms with Crippen LogP contribution in [0.3, 0.4) is 0 Å². The number of hydrogen-bond donors (Lipinski definition) is 1. The molecular weight excluding hydrogens is 453 g/mol. The molecule has 0 spiro atoms. The van der Waals surface area contributed by atoms with Gasteiger partial charge < -0.3 is 9.73 Å². The summed E-state index contributed by atoms with van der Waals surface area (Å²) in [5.41, 5.74) is 1.31. The molecule has 0 saturated heterocycles. The van der Waals surface area contributed by atoms with Crippen molar-refractivity contribution < 1.29 is 17.6 Å². The minimum absolute atomic E-state index is 0.181. The predicted molar refractivity (Wildman–Crippen MR) is 123 cm³/mol. The van der Waals surface area contributed by atoms with E-state index in [2.05, 4.69) is 10.3 Å². The van der Waals surface area contributed by atoms with Crippen LogP contribution in [0.25, 0.3) is 11.3 Å². The third-order valence-corrected chi connectivity index (χ3v) is 6.81. The summed E-state index contributed by atoms with van der Waals surface area (Å²) in [7, 11) is 0. The number of thiazole rings is 1. The van der Waals surface area contributed by atoms with Crippen molar-refractivity contribution in [2.45, 2.75) is 42.3 Å². The summed E-state index contributed by atoms with van der Waals surface area (Å²) < 4.78 is 47.1. The summed E-state index contributed by atoms with van der Waals surface area (Å²) in [5.74, 6) is 0.971. The van der Waals surface area contributed by atoms with Gasteiger partial charge in [0.25, 0.3) is 0 Å². The molecule has 0 atom stereocenters. The van der Waals surface area contributed by atoms with Gasteiger partial charge in [-0.05, 0) is 41.8 Å². The van der Waals surface area contributed by atoms with E-state index in [0.29, 0.717) is 22.9 Å². The van der Waals surface area contributed by atoms with Crippen LogP contribution in [-0.2, 0) is 12.7 Å². The number of alkyl halides is 3. The van der Waals surface area contributed by atoms with E-state index in [-0.39, 0.29) is 10.8 Å². The zero-order chi connectivity index (χ0) is 22.7. The summed E-state index contributed by atoms with van der Waals surface area (Å²) >= 11 is 2.49. The van der Waals surface area contributed by atoms with E-state index in [1.807, 2.05) is 44.2 Å². The Balaban J connectivity index is 1.61. The van der Waals surface area contributed by atoms with Crippen molar-refractivity contribution in [3.05, 3.63) is 83.1 Å². The van der Waals surface area contributed by atoms with Crippen molar-refractivity contribution in [3.63, 3.8) is 0 Å². The van der Waals surface area contributed by atoms with Gasteiger partial charge in [-0.3, -0.25) is 0 Å². The lowest BCUT2D eigenvalue weighted by Crippen LogP contribution is -2.07. The van der Waals surface area contributed by atoms with Crippen LogP contribution in [0.15, 0.2) is 80.4 Å². The molecule has 0 aliphatic rings. The summed E-state index contributed by atoms with van der Waals surface area (Å²) in [6.07, 6.45) is -2.89. The number of rotatable bonds is 7. The van der Waals surface area contributed by atoms with Gasteiger partial charge in [0.2, 0.25) is 0 Å². The van der Waals surface area contributed by atoms with E-state index in [1.165, 1.54) is 23.5 Å². The van der Waals surface area contributed by atoms with Gasteiger partial charge in [-0.2, -0.15) is 13.2 Å². The lowest BCUT2D eigenvalue weighted by atomic mass is 10.0. The van der Waals surface area contributed by atoms with E-state index in [4.69, 9.17) is 4.42 Å². The van der Waals surface area contributed by atoms with Crippen molar-refractivity contribution in [1.82, 2.24) is 4.98 Å². The maximum absolute atomic E-state index is 13.9. The van der Waals surface area contributed by atoms with Gasteiger partial charge in [-0.25, -0.2) is 4.98 Å². The van der Waals surface area contributed by atoms with Crippen LogP contribution in [0.4, 0.5) is 18.3 Å². The van der Waals surface area contributed by atoms with Gasteiger partial charge in [-0.1, -0.05) is 49.9 Å². The second-order valence-electron chi connectivity index (χ2n) is 7.47. The molecule has 4 rings (SSSR count). The minimum atomic E-state index is -4.47. The molecule has 32 heavy (non-hydrogen) atoms. The quantitative estimate of drug-likeness (QED) is 0.292. The van der Waals surface area contributed by atoms with Crippen LogP contribution in [-0.4, -0.2) is 4.98 Å². The first-order valence-corrected chi connectivity index (χ1v) is 11.7. The minimum Gasteiger partial charge on any atom is -0.467 e. The third-order valence-electron chi connectivity index (χ3n) is 4.84. The van der Waals surface area contributed by atoms with Crippen LogP contribution in [0.5, 0.6) is 0 Å². The Morgan fingerprint density at radius 1 is 1.06 bits per heavy atom. The number of aromatic nitrogens is 1. The standard InChI is InChI=1S/C24H21F3N2OS2/c1-15(2)18-7-3-4-8-21(18)32-22-10-9-16(12-19(22)24(25,26)27)20-14-31-23(29-20)28-13-17-6-5-11-30-17/h3-12,14-15H,13H2,1-2H3,(H,28,29). The molecule has 3 nitrogen and oxygen atoms in total. The SMILES string of the molecule is CC(C)c1ccccc1Sc1ccc(-c2csc(NCc3ccco3)n2)cc1C(F)(F)F. The molecule has 4 aromatic rings. The number of nitrogens with one attached hydrogen (secondary N) is 1. The highest BCUT2D eigenvalue weighted by Gasteiger charge is 2.34. The molecule has 0 bridgehead atoms. The molecule has 0 unspecified atom stereocenters. The molecule has 8 heteroatoms. The van der Waals surface area contributed by atoms with E-state index in [0.717, 1.165) is 28.0 Å². The maximum Gasteiger partial charge on any atom is 0.417 e. The van der Waals surface area contributed by atoms with Crippen LogP contribution in [0, 0.1) is 0 Å². The van der Waals surface area contributed by atoms with Gasteiger partial charge in [-0.15, -0.1) is 11.3 Å². The van der Waals surface area contributed by atoms with Gasteiger partial charge in [0.1, 0.15) is 5.76 Å². The second kappa shape index (κ2) is 9.42. The molecule has 2 aromatic carbocycles. The fourth-order valence-corrected chi connectivity index (χ4v) is 5.18. The monoisotopic (exact) mass is 474 g/mol. The van der Waals surface area contributed by atoms with Crippen molar-refractivity contribution in [1.29, 1.82) is 0 Å². The number of benzene rings is 2. The van der Waals surface area contributed by atoms with Gasteiger partial charge in [0.15, 0.2) is 5.13 Å². The molecular formula is C24H21F3N2OS2. The fourth-order valence-electron chi connectivity index (χ4n) is 3.23. The first-order chi connectivity index (χ1) is 15.3. The Hall–Kier alpha value is -2.71. The Labute approximate surface area is 192 Å². The number of hydrogen-bond acceptors (Lipinski definition) is 5. The van der Waals surface area contributed by atoms with Crippen molar-refractivity contribution in [3.8, 4) is 11.3 Å². The van der Waals surface area contributed by atoms with Crippen molar-refractivity contribution in [2.24, 2.45) is 0 Å². The van der Waals surface area contributed by atoms with E-state index >= 15 is 0 Å². The number of furan rings is 1. The molecule has 0 fully saturated rings. The zero-order valence-electron chi connectivity index (χ0n) is 17.4. The number of anilines is 1. The van der Waals surface area contributed by atoms with Crippen LogP contribution in [0.2, 0.25) is 0 Å². The molecule has 1 N–H and O–H groups in total. The fraction of sp³-hybridized carbons (Fsp3) is 0.208. The molecule has 0 aliphatic carbocycles. The van der Waals surface area contributed by atoms with E-state index < -0.39 is 11.7 Å². The largest absolute Gasteiger partial charge is 0.467 e. The lowest BCUT2D eigenvalue weighted by Gasteiger charge is -2.16. The van der Waals surface area contributed by atoms with Crippen molar-refractivity contribution >= 4 is 28.2 Å². The average molecular weight is 475 g/mol. The van der Waals surface area contributed by atoms with Crippen LogP contribution >= 0.6 is 23.1 Å². The summed E-state index contributed by atoms with van der Waals surface area (Å²) in [5, 5.41) is 5.50. The molecule has 0 radical (unpaired) electrons. The highest BCUT2D eigenvalue weighted by atomic mass is 32.2. The topological polar surface area (TPSA) is 38.1 Å². The molecule has 2 aromatic heterocycles. The molecule has 0 saturated carbocycles. The predicted octanol–water partition coefficient (Wildman–Crippen LogP) is 8.31. The maximum atomic E-state index is 13.9. The third kappa shape index (κ3) is 5.19. The van der Waals surface area contributed by atoms with Gasteiger partial charge in [0.05, 0.1) is 24.1 Å². The highest BCUT2D eigenvalue weighted by Crippen LogP contribution is 2.43. The highest BCUT2D eigenvalue weighted by molar-refractivity contribution is 7.99. The van der Waals surface area contributed by atoms with E-state index in [1.54, 1.807) is 23.8 Å². The lowest BCUT2D eigenvalue weighted by molar-refractivity contribution is -0.139. The Morgan fingerprint density at radius 3 is 2.59 bits per heavy atom. The van der Waals surface area contributed by atoms with E-state index in [9.17, 15) is 13.2 Å². The van der Waals surface area contributed by atoms with Crippen molar-refractivity contribution in [2.75, 3.05) is 5.32 Å². The molecule has 2 heterocycles. The summed E-state index contributed by atoms with van der Waals surface area (Å²) in [4.78, 5) is 5.46. The first-order valence-electron chi connectivity index (χ1n) is 10.0.